The zero-order chi connectivity index (χ0) is 19.4. The van der Waals surface area contributed by atoms with Gasteiger partial charge < -0.3 is 15.2 Å². The van der Waals surface area contributed by atoms with Crippen molar-refractivity contribution >= 4 is 5.91 Å². The molecule has 5 atom stereocenters. The van der Waals surface area contributed by atoms with E-state index in [1.807, 2.05) is 0 Å². The number of benzene rings is 1. The van der Waals surface area contributed by atoms with E-state index in [2.05, 4.69) is 19.2 Å². The van der Waals surface area contributed by atoms with Crippen LogP contribution in [-0.2, 0) is 9.53 Å². The lowest BCUT2D eigenvalue weighted by atomic mass is 9.58. The van der Waals surface area contributed by atoms with Crippen molar-refractivity contribution in [2.75, 3.05) is 13.2 Å². The van der Waals surface area contributed by atoms with Gasteiger partial charge in [0.15, 0.2) is 0 Å². The molecule has 0 unspecified atom stereocenters. The number of amides is 1. The van der Waals surface area contributed by atoms with Crippen LogP contribution in [0.25, 0.3) is 0 Å². The van der Waals surface area contributed by atoms with Gasteiger partial charge in [0.2, 0.25) is 5.91 Å². The SMILES string of the molecule is CC1(C)[C@@H]2C[C@@H]3[C@@H](c4ccc(F)cc4F)OCC[C@@]3(C2)[C@@H]1NC(=O)CCO. The van der Waals surface area contributed by atoms with Crippen molar-refractivity contribution in [2.45, 2.75) is 51.7 Å². The van der Waals surface area contributed by atoms with Gasteiger partial charge in [-0.3, -0.25) is 4.79 Å². The van der Waals surface area contributed by atoms with E-state index in [0.717, 1.165) is 25.3 Å². The lowest BCUT2D eigenvalue weighted by Gasteiger charge is -2.53. The summed E-state index contributed by atoms with van der Waals surface area (Å²) in [5.41, 5.74) is 0.194. The molecule has 2 bridgehead atoms. The van der Waals surface area contributed by atoms with Crippen molar-refractivity contribution < 1.29 is 23.4 Å². The summed E-state index contributed by atoms with van der Waals surface area (Å²) in [5.74, 6) is -0.810. The second-order valence-electron chi connectivity index (χ2n) is 8.98. The fraction of sp³-hybridized carbons (Fsp3) is 0.667. The average molecular weight is 379 g/mol. The van der Waals surface area contributed by atoms with E-state index in [0.29, 0.717) is 18.1 Å². The minimum absolute atomic E-state index is 0.0392. The monoisotopic (exact) mass is 379 g/mol. The number of rotatable bonds is 4. The highest BCUT2D eigenvalue weighted by atomic mass is 19.1. The Labute approximate surface area is 158 Å². The number of carbonyl (C=O) groups is 1. The molecule has 2 aliphatic carbocycles. The predicted molar refractivity (Wildman–Crippen MR) is 95.7 cm³/mol. The lowest BCUT2D eigenvalue weighted by molar-refractivity contribution is -0.138. The summed E-state index contributed by atoms with van der Waals surface area (Å²) in [6.45, 7) is 4.70. The smallest absolute Gasteiger partial charge is 0.222 e. The first-order valence-electron chi connectivity index (χ1n) is 9.76. The molecule has 3 fully saturated rings. The molecule has 1 saturated heterocycles. The van der Waals surface area contributed by atoms with E-state index in [1.54, 1.807) is 0 Å². The van der Waals surface area contributed by atoms with Crippen LogP contribution >= 0.6 is 0 Å². The molecule has 2 saturated carbocycles. The number of hydrogen-bond acceptors (Lipinski definition) is 3. The van der Waals surface area contributed by atoms with Gasteiger partial charge in [-0.25, -0.2) is 8.78 Å². The first-order chi connectivity index (χ1) is 12.8. The Morgan fingerprint density at radius 2 is 2.15 bits per heavy atom. The van der Waals surface area contributed by atoms with Crippen LogP contribution in [-0.4, -0.2) is 30.3 Å². The molecule has 0 aromatic heterocycles. The van der Waals surface area contributed by atoms with Gasteiger partial charge in [-0.2, -0.15) is 0 Å². The molecule has 148 valence electrons. The van der Waals surface area contributed by atoms with Crippen LogP contribution < -0.4 is 5.32 Å². The standard InChI is InChI=1S/C21H27F2NO3/c1-20(2)12-9-15-18(14-4-3-13(22)10-16(14)23)27-8-6-21(15,11-12)19(20)24-17(26)5-7-25/h3-4,10,12,15,18-19,25H,5-9,11H2,1-2H3,(H,24,26)/t12-,15-,18-,19-,21+/m1/s1. The normalized spacial score (nSPS) is 36.5. The molecule has 6 heteroatoms. The molecular weight excluding hydrogens is 352 g/mol. The summed E-state index contributed by atoms with van der Waals surface area (Å²) in [7, 11) is 0. The molecule has 4 nitrogen and oxygen atoms in total. The largest absolute Gasteiger partial charge is 0.396 e. The molecule has 2 N–H and O–H groups in total. The van der Waals surface area contributed by atoms with Gasteiger partial charge in [-0.15, -0.1) is 0 Å². The Bertz CT molecular complexity index is 753. The van der Waals surface area contributed by atoms with Crippen molar-refractivity contribution in [3.8, 4) is 0 Å². The number of ether oxygens (including phenoxy) is 1. The van der Waals surface area contributed by atoms with Gasteiger partial charge >= 0.3 is 0 Å². The molecule has 1 aromatic rings. The maximum atomic E-state index is 14.5. The van der Waals surface area contributed by atoms with E-state index in [1.165, 1.54) is 12.1 Å². The maximum absolute atomic E-state index is 14.5. The van der Waals surface area contributed by atoms with Crippen LogP contribution in [0, 0.1) is 34.3 Å². The molecule has 4 rings (SSSR count). The zero-order valence-electron chi connectivity index (χ0n) is 15.8. The fourth-order valence-electron chi connectivity index (χ4n) is 6.16. The third kappa shape index (κ3) is 2.80. The molecule has 1 amide bonds. The molecule has 1 aromatic carbocycles. The highest BCUT2D eigenvalue weighted by Crippen LogP contribution is 2.70. The second kappa shape index (κ2) is 6.52. The molecule has 0 radical (unpaired) electrons. The number of nitrogens with one attached hydrogen (secondary N) is 1. The van der Waals surface area contributed by atoms with Crippen LogP contribution in [0.3, 0.4) is 0 Å². The minimum atomic E-state index is -0.593. The van der Waals surface area contributed by atoms with Gasteiger partial charge in [0.1, 0.15) is 11.6 Å². The van der Waals surface area contributed by atoms with Crippen molar-refractivity contribution in [1.82, 2.24) is 5.32 Å². The summed E-state index contributed by atoms with van der Waals surface area (Å²) in [6.07, 6.45) is 2.39. The fourth-order valence-corrected chi connectivity index (χ4v) is 6.16. The summed E-state index contributed by atoms with van der Waals surface area (Å²) >= 11 is 0. The number of carbonyl (C=O) groups excluding carboxylic acids is 1. The summed E-state index contributed by atoms with van der Waals surface area (Å²) in [4.78, 5) is 12.3. The quantitative estimate of drug-likeness (QED) is 0.844. The number of fused-ring (bicyclic) bond motifs is 1. The van der Waals surface area contributed by atoms with Gasteiger partial charge in [0.25, 0.3) is 0 Å². The van der Waals surface area contributed by atoms with Gasteiger partial charge in [0, 0.05) is 30.7 Å². The van der Waals surface area contributed by atoms with Crippen LogP contribution in [0.1, 0.15) is 51.2 Å². The summed E-state index contributed by atoms with van der Waals surface area (Å²) in [5, 5.41) is 12.3. The first kappa shape index (κ1) is 18.8. The van der Waals surface area contributed by atoms with E-state index in [4.69, 9.17) is 9.84 Å². The Balaban J connectivity index is 1.68. The molecular formula is C21H27F2NO3. The molecule has 3 aliphatic rings. The second-order valence-corrected chi connectivity index (χ2v) is 8.98. The van der Waals surface area contributed by atoms with E-state index in [9.17, 15) is 13.6 Å². The highest BCUT2D eigenvalue weighted by Gasteiger charge is 2.68. The van der Waals surface area contributed by atoms with Gasteiger partial charge in [0.05, 0.1) is 12.7 Å². The van der Waals surface area contributed by atoms with Crippen molar-refractivity contribution in [2.24, 2.45) is 22.7 Å². The molecule has 1 heterocycles. The minimum Gasteiger partial charge on any atom is -0.396 e. The Kier molecular flexibility index (Phi) is 4.54. The van der Waals surface area contributed by atoms with Gasteiger partial charge in [-0.1, -0.05) is 19.9 Å². The number of halogens is 2. The van der Waals surface area contributed by atoms with Crippen LogP contribution in [0.4, 0.5) is 8.78 Å². The zero-order valence-corrected chi connectivity index (χ0v) is 15.8. The number of aliphatic hydroxyl groups is 1. The molecule has 1 aliphatic heterocycles. The summed E-state index contributed by atoms with van der Waals surface area (Å²) in [6, 6.07) is 3.64. The van der Waals surface area contributed by atoms with Crippen LogP contribution in [0.5, 0.6) is 0 Å². The number of aliphatic hydroxyl groups excluding tert-OH is 1. The molecule has 1 spiro atoms. The Hall–Kier alpha value is -1.53. The Morgan fingerprint density at radius 3 is 2.85 bits per heavy atom. The summed E-state index contributed by atoms with van der Waals surface area (Å²) < 4.78 is 33.8. The van der Waals surface area contributed by atoms with Crippen LogP contribution in [0.2, 0.25) is 0 Å². The van der Waals surface area contributed by atoms with E-state index < -0.39 is 17.7 Å². The van der Waals surface area contributed by atoms with Crippen molar-refractivity contribution in [3.05, 3.63) is 35.4 Å². The number of hydrogen-bond donors (Lipinski definition) is 2. The third-order valence-electron chi connectivity index (χ3n) is 7.42. The first-order valence-corrected chi connectivity index (χ1v) is 9.76. The van der Waals surface area contributed by atoms with Gasteiger partial charge in [-0.05, 0) is 48.0 Å². The highest BCUT2D eigenvalue weighted by molar-refractivity contribution is 5.76. The van der Waals surface area contributed by atoms with Crippen molar-refractivity contribution in [3.63, 3.8) is 0 Å². The lowest BCUT2D eigenvalue weighted by Crippen LogP contribution is -2.59. The van der Waals surface area contributed by atoms with E-state index >= 15 is 0 Å². The van der Waals surface area contributed by atoms with Crippen molar-refractivity contribution in [1.29, 1.82) is 0 Å². The molecule has 27 heavy (non-hydrogen) atoms. The predicted octanol–water partition coefficient (Wildman–Crippen LogP) is 3.35. The third-order valence-corrected chi connectivity index (χ3v) is 7.42. The average Bonchev–Trinajstić information content (AvgIpc) is 3.08. The maximum Gasteiger partial charge on any atom is 0.222 e. The topological polar surface area (TPSA) is 58.6 Å². The Morgan fingerprint density at radius 1 is 1.37 bits per heavy atom. The van der Waals surface area contributed by atoms with Crippen LogP contribution in [0.15, 0.2) is 18.2 Å². The van der Waals surface area contributed by atoms with E-state index in [-0.39, 0.29) is 41.7 Å².